The molecule has 0 saturated carbocycles. The largest absolute Gasteiger partial charge is 0.491 e. The summed E-state index contributed by atoms with van der Waals surface area (Å²) < 4.78 is 30.3. The summed E-state index contributed by atoms with van der Waals surface area (Å²) in [7, 11) is -2.97. The summed E-state index contributed by atoms with van der Waals surface area (Å²) in [5.41, 5.74) is 0. The summed E-state index contributed by atoms with van der Waals surface area (Å²) in [6, 6.07) is 11.4. The summed E-state index contributed by atoms with van der Waals surface area (Å²) in [5.74, 6) is 1.09. The van der Waals surface area contributed by atoms with Crippen LogP contribution in [-0.2, 0) is 16.4 Å². The van der Waals surface area contributed by atoms with E-state index >= 15 is 0 Å². The van der Waals surface area contributed by atoms with Crippen molar-refractivity contribution < 1.29 is 18.3 Å². The summed E-state index contributed by atoms with van der Waals surface area (Å²) in [4.78, 5) is 3.24. The van der Waals surface area contributed by atoms with Gasteiger partial charge in [-0.15, -0.1) is 11.3 Å². The van der Waals surface area contributed by atoms with Crippen LogP contribution in [0.3, 0.4) is 0 Å². The van der Waals surface area contributed by atoms with Crippen molar-refractivity contribution in [2.75, 3.05) is 24.7 Å². The molecule has 0 spiro atoms. The quantitative estimate of drug-likeness (QED) is 0.656. The number of aliphatic hydroxyl groups is 1. The third-order valence-electron chi connectivity index (χ3n) is 4.37. The lowest BCUT2D eigenvalue weighted by Gasteiger charge is -2.29. The Morgan fingerprint density at radius 2 is 2.08 bits per heavy atom. The van der Waals surface area contributed by atoms with Crippen LogP contribution in [0.1, 0.15) is 11.3 Å². The normalized spacial score (nSPS) is 20.3. The highest BCUT2D eigenvalue weighted by Crippen LogP contribution is 2.22. The molecule has 1 N–H and O–H groups in total. The molecule has 26 heavy (non-hydrogen) atoms. The van der Waals surface area contributed by atoms with E-state index in [1.165, 1.54) is 0 Å². The summed E-state index contributed by atoms with van der Waals surface area (Å²) >= 11 is 5.01. The van der Waals surface area contributed by atoms with Gasteiger partial charge in [0.2, 0.25) is 0 Å². The van der Waals surface area contributed by atoms with Gasteiger partial charge in [0.15, 0.2) is 9.84 Å². The zero-order valence-electron chi connectivity index (χ0n) is 14.3. The molecule has 2 unspecified atom stereocenters. The van der Waals surface area contributed by atoms with Crippen LogP contribution in [0.25, 0.3) is 0 Å². The maximum atomic E-state index is 11.9. The number of halogens is 1. The molecule has 2 heterocycles. The molecule has 142 valence electrons. The lowest BCUT2D eigenvalue weighted by Crippen LogP contribution is -2.42. The van der Waals surface area contributed by atoms with Crippen LogP contribution < -0.4 is 4.74 Å². The van der Waals surface area contributed by atoms with Gasteiger partial charge < -0.3 is 9.84 Å². The highest BCUT2D eigenvalue weighted by Gasteiger charge is 2.33. The van der Waals surface area contributed by atoms with Crippen LogP contribution in [0.2, 0.25) is 0 Å². The van der Waals surface area contributed by atoms with Crippen LogP contribution in [0, 0.1) is 0 Å². The van der Waals surface area contributed by atoms with Gasteiger partial charge in [-0.25, -0.2) is 8.42 Å². The minimum Gasteiger partial charge on any atom is -0.491 e. The van der Waals surface area contributed by atoms with Crippen molar-refractivity contribution in [2.45, 2.75) is 25.1 Å². The van der Waals surface area contributed by atoms with E-state index in [0.717, 1.165) is 9.35 Å². The number of ether oxygens (including phenoxy) is 1. The monoisotopic (exact) mass is 459 g/mol. The van der Waals surface area contributed by atoms with Crippen molar-refractivity contribution in [1.82, 2.24) is 4.90 Å². The average Bonchev–Trinajstić information content (AvgIpc) is 3.23. The van der Waals surface area contributed by atoms with Gasteiger partial charge in [0, 0.05) is 28.5 Å². The smallest absolute Gasteiger partial charge is 0.151 e. The first-order chi connectivity index (χ1) is 12.4. The van der Waals surface area contributed by atoms with Gasteiger partial charge in [-0.1, -0.05) is 22.0 Å². The van der Waals surface area contributed by atoms with E-state index in [1.54, 1.807) is 11.3 Å². The predicted octanol–water partition coefficient (Wildman–Crippen LogP) is 2.94. The maximum absolute atomic E-state index is 11.9. The Kier molecular flexibility index (Phi) is 6.74. The minimum atomic E-state index is -2.97. The molecular weight excluding hydrogens is 438 g/mol. The molecule has 0 amide bonds. The Hall–Kier alpha value is -0.930. The molecule has 1 aliphatic heterocycles. The van der Waals surface area contributed by atoms with Crippen LogP contribution in [0.5, 0.6) is 5.75 Å². The standard InChI is InChI=1S/C18H22BrNO4S2/c19-14-3-5-17(6-4-14)24-12-16(21)10-20(11-18-2-1-8-25-18)15-7-9-26(22,23)13-15/h1-6,8,15-16,21H,7,9-13H2. The molecule has 1 aliphatic rings. The molecule has 2 aromatic rings. The van der Waals surface area contributed by atoms with Gasteiger partial charge in [-0.3, -0.25) is 4.90 Å². The van der Waals surface area contributed by atoms with E-state index in [1.807, 2.05) is 41.8 Å². The fourth-order valence-corrected chi connectivity index (χ4v) is 5.81. The van der Waals surface area contributed by atoms with E-state index in [-0.39, 0.29) is 24.2 Å². The first-order valence-corrected chi connectivity index (χ1v) is 11.9. The summed E-state index contributed by atoms with van der Waals surface area (Å²) in [5, 5.41) is 12.4. The number of sulfone groups is 1. The SMILES string of the molecule is O=S1(=O)CCC(N(Cc2cccs2)CC(O)COc2ccc(Br)cc2)C1. The minimum absolute atomic E-state index is 0.0515. The number of hydrogen-bond acceptors (Lipinski definition) is 6. The predicted molar refractivity (Wildman–Crippen MR) is 107 cm³/mol. The third-order valence-corrected chi connectivity index (χ3v) is 7.51. The van der Waals surface area contributed by atoms with Gasteiger partial charge in [-0.2, -0.15) is 0 Å². The molecule has 8 heteroatoms. The molecule has 1 fully saturated rings. The lowest BCUT2D eigenvalue weighted by molar-refractivity contribution is 0.0529. The molecule has 0 aliphatic carbocycles. The van der Waals surface area contributed by atoms with Crippen molar-refractivity contribution in [3.63, 3.8) is 0 Å². The maximum Gasteiger partial charge on any atom is 0.151 e. The van der Waals surface area contributed by atoms with E-state index in [0.29, 0.717) is 25.3 Å². The first-order valence-electron chi connectivity index (χ1n) is 8.44. The van der Waals surface area contributed by atoms with Crippen molar-refractivity contribution >= 4 is 37.1 Å². The van der Waals surface area contributed by atoms with Gasteiger partial charge in [0.1, 0.15) is 18.5 Å². The number of hydrogen-bond donors (Lipinski definition) is 1. The van der Waals surface area contributed by atoms with Crippen molar-refractivity contribution in [3.8, 4) is 5.75 Å². The number of benzene rings is 1. The Bertz CT molecular complexity index is 793. The van der Waals surface area contributed by atoms with E-state index < -0.39 is 15.9 Å². The topological polar surface area (TPSA) is 66.8 Å². The average molecular weight is 460 g/mol. The van der Waals surface area contributed by atoms with E-state index in [9.17, 15) is 13.5 Å². The lowest BCUT2D eigenvalue weighted by atomic mass is 10.2. The van der Waals surface area contributed by atoms with Crippen LogP contribution in [0.4, 0.5) is 0 Å². The molecule has 3 rings (SSSR count). The second-order valence-electron chi connectivity index (χ2n) is 6.48. The molecular formula is C18H22BrNO4S2. The van der Waals surface area contributed by atoms with Crippen molar-refractivity contribution in [2.24, 2.45) is 0 Å². The first kappa shape index (κ1) is 19.8. The Labute approximate surface area is 166 Å². The molecule has 1 saturated heterocycles. The molecule has 0 bridgehead atoms. The second-order valence-corrected chi connectivity index (χ2v) is 10.7. The van der Waals surface area contributed by atoms with Gasteiger partial charge in [0.25, 0.3) is 0 Å². The third kappa shape index (κ3) is 5.79. The van der Waals surface area contributed by atoms with Gasteiger partial charge in [0.05, 0.1) is 11.5 Å². The van der Waals surface area contributed by atoms with Crippen molar-refractivity contribution in [3.05, 3.63) is 51.1 Å². The van der Waals surface area contributed by atoms with Gasteiger partial charge in [-0.05, 0) is 42.1 Å². The fourth-order valence-electron chi connectivity index (χ4n) is 3.06. The van der Waals surface area contributed by atoms with Gasteiger partial charge >= 0.3 is 0 Å². The fraction of sp³-hybridized carbons (Fsp3) is 0.444. The molecule has 0 radical (unpaired) electrons. The highest BCUT2D eigenvalue weighted by molar-refractivity contribution is 9.10. The molecule has 1 aromatic heterocycles. The number of aliphatic hydroxyl groups excluding tert-OH is 1. The van der Waals surface area contributed by atoms with Crippen LogP contribution >= 0.6 is 27.3 Å². The summed E-state index contributed by atoms with van der Waals surface area (Å²) in [6.45, 7) is 1.20. The number of thiophene rings is 1. The highest BCUT2D eigenvalue weighted by atomic mass is 79.9. The number of rotatable bonds is 8. The number of nitrogens with zero attached hydrogens (tertiary/aromatic N) is 1. The van der Waals surface area contributed by atoms with Crippen LogP contribution in [-0.4, -0.2) is 55.2 Å². The van der Waals surface area contributed by atoms with E-state index in [2.05, 4.69) is 20.8 Å². The summed E-state index contributed by atoms with van der Waals surface area (Å²) in [6.07, 6.45) is -0.0736. The zero-order valence-corrected chi connectivity index (χ0v) is 17.5. The molecule has 5 nitrogen and oxygen atoms in total. The Balaban J connectivity index is 1.59. The second kappa shape index (κ2) is 8.84. The zero-order chi connectivity index (χ0) is 18.6. The van der Waals surface area contributed by atoms with Crippen LogP contribution in [0.15, 0.2) is 46.3 Å². The Morgan fingerprint density at radius 3 is 2.69 bits per heavy atom. The molecule has 2 atom stereocenters. The Morgan fingerprint density at radius 1 is 1.31 bits per heavy atom. The molecule has 1 aromatic carbocycles. The van der Waals surface area contributed by atoms with Crippen molar-refractivity contribution in [1.29, 1.82) is 0 Å². The van der Waals surface area contributed by atoms with E-state index in [4.69, 9.17) is 4.74 Å².